The molecule has 1 aliphatic rings. The quantitative estimate of drug-likeness (QED) is 0.461. The number of nitrogens with zero attached hydrogens (tertiary/aromatic N) is 1. The molecule has 0 aromatic heterocycles. The molecule has 2 unspecified atom stereocenters. The van der Waals surface area contributed by atoms with Crippen LogP contribution >= 0.6 is 0 Å². The maximum Gasteiger partial charge on any atom is 0.408 e. The van der Waals surface area contributed by atoms with Gasteiger partial charge in [0.25, 0.3) is 0 Å². The molecule has 0 heterocycles. The van der Waals surface area contributed by atoms with E-state index in [4.69, 9.17) is 4.74 Å². The van der Waals surface area contributed by atoms with Gasteiger partial charge in [-0.1, -0.05) is 43.5 Å². The van der Waals surface area contributed by atoms with Gasteiger partial charge in [-0.3, -0.25) is 9.59 Å². The molecule has 194 valence electrons. The third-order valence-corrected chi connectivity index (χ3v) is 6.11. The van der Waals surface area contributed by atoms with Crippen molar-refractivity contribution in [3.63, 3.8) is 0 Å². The van der Waals surface area contributed by atoms with Crippen molar-refractivity contribution in [2.45, 2.75) is 90.4 Å². The van der Waals surface area contributed by atoms with Crippen LogP contribution in [0.5, 0.6) is 0 Å². The SMILES string of the molecule is C=CCN(C(=O)C(CO)NC(=O)OC(C)(C)C)C(C(=O)NC1CCCCC1)c1c(C)cccc1C. The lowest BCUT2D eigenvalue weighted by molar-refractivity contribution is -0.143. The number of aryl methyl sites for hydroxylation is 2. The fraction of sp³-hybridized carbons (Fsp3) is 0.593. The van der Waals surface area contributed by atoms with Crippen LogP contribution in [-0.2, 0) is 14.3 Å². The van der Waals surface area contributed by atoms with Crippen LogP contribution in [0.15, 0.2) is 30.9 Å². The molecule has 1 aliphatic carbocycles. The predicted octanol–water partition coefficient (Wildman–Crippen LogP) is 3.69. The molecule has 0 saturated heterocycles. The van der Waals surface area contributed by atoms with E-state index in [-0.39, 0.29) is 18.5 Å². The van der Waals surface area contributed by atoms with Gasteiger partial charge in [0.1, 0.15) is 17.7 Å². The molecular formula is C27H41N3O5. The van der Waals surface area contributed by atoms with E-state index in [9.17, 15) is 19.5 Å². The zero-order valence-electron chi connectivity index (χ0n) is 21.7. The minimum atomic E-state index is -1.28. The standard InChI is InChI=1S/C27H41N3O5/c1-7-16-30(25(33)21(17-31)29-26(34)35-27(4,5)6)23(22-18(2)12-11-13-19(22)3)24(32)28-20-14-9-8-10-15-20/h7,11-13,20-21,23,31H,1,8-10,14-17H2,2-6H3,(H,28,32)(H,29,34). The van der Waals surface area contributed by atoms with E-state index in [0.29, 0.717) is 0 Å². The minimum absolute atomic E-state index is 0.0530. The molecule has 35 heavy (non-hydrogen) atoms. The van der Waals surface area contributed by atoms with Crippen molar-refractivity contribution in [2.75, 3.05) is 13.2 Å². The molecule has 0 bridgehead atoms. The largest absolute Gasteiger partial charge is 0.444 e. The van der Waals surface area contributed by atoms with E-state index in [0.717, 1.165) is 48.8 Å². The highest BCUT2D eigenvalue weighted by atomic mass is 16.6. The number of hydrogen-bond donors (Lipinski definition) is 3. The maximum absolute atomic E-state index is 13.7. The van der Waals surface area contributed by atoms with Gasteiger partial charge in [-0.15, -0.1) is 6.58 Å². The third-order valence-electron chi connectivity index (χ3n) is 6.11. The topological polar surface area (TPSA) is 108 Å². The second-order valence-electron chi connectivity index (χ2n) is 10.2. The third kappa shape index (κ3) is 8.09. The summed E-state index contributed by atoms with van der Waals surface area (Å²) in [4.78, 5) is 41.1. The van der Waals surface area contributed by atoms with E-state index in [1.807, 2.05) is 32.0 Å². The first kappa shape index (κ1) is 28.4. The minimum Gasteiger partial charge on any atom is -0.444 e. The number of alkyl carbamates (subject to hydrolysis) is 1. The van der Waals surface area contributed by atoms with E-state index in [1.165, 1.54) is 11.0 Å². The summed E-state index contributed by atoms with van der Waals surface area (Å²) in [6.07, 6.45) is 5.79. The number of carbonyl (C=O) groups is 3. The molecule has 1 saturated carbocycles. The number of aliphatic hydroxyl groups is 1. The molecule has 8 nitrogen and oxygen atoms in total. The lowest BCUT2D eigenvalue weighted by Crippen LogP contribution is -2.55. The molecule has 2 atom stereocenters. The average molecular weight is 488 g/mol. The predicted molar refractivity (Wildman–Crippen MR) is 136 cm³/mol. The Kier molecular flexibility index (Phi) is 10.3. The Morgan fingerprint density at radius 2 is 1.77 bits per heavy atom. The zero-order chi connectivity index (χ0) is 26.2. The van der Waals surface area contributed by atoms with Crippen LogP contribution in [0.25, 0.3) is 0 Å². The second kappa shape index (κ2) is 12.7. The van der Waals surface area contributed by atoms with Crippen molar-refractivity contribution in [1.29, 1.82) is 0 Å². The number of rotatable bonds is 9. The molecule has 0 aliphatic heterocycles. The molecule has 1 aromatic carbocycles. The summed E-state index contributed by atoms with van der Waals surface area (Å²) in [5.41, 5.74) is 1.70. The van der Waals surface area contributed by atoms with Gasteiger partial charge in [0, 0.05) is 12.6 Å². The lowest BCUT2D eigenvalue weighted by Gasteiger charge is -2.36. The van der Waals surface area contributed by atoms with E-state index in [2.05, 4.69) is 17.2 Å². The summed E-state index contributed by atoms with van der Waals surface area (Å²) >= 11 is 0. The van der Waals surface area contributed by atoms with E-state index in [1.54, 1.807) is 20.8 Å². The first-order chi connectivity index (χ1) is 16.5. The van der Waals surface area contributed by atoms with Gasteiger partial charge in [0.15, 0.2) is 0 Å². The van der Waals surface area contributed by atoms with Gasteiger partial charge < -0.3 is 25.4 Å². The smallest absolute Gasteiger partial charge is 0.408 e. The van der Waals surface area contributed by atoms with Crippen molar-refractivity contribution in [3.05, 3.63) is 47.5 Å². The number of ether oxygens (including phenoxy) is 1. The van der Waals surface area contributed by atoms with E-state index < -0.39 is 36.3 Å². The summed E-state index contributed by atoms with van der Waals surface area (Å²) in [7, 11) is 0. The molecule has 3 amide bonds. The van der Waals surface area contributed by atoms with Gasteiger partial charge in [0.05, 0.1) is 6.61 Å². The molecule has 8 heteroatoms. The first-order valence-corrected chi connectivity index (χ1v) is 12.4. The highest BCUT2D eigenvalue weighted by Gasteiger charge is 2.37. The highest BCUT2D eigenvalue weighted by Crippen LogP contribution is 2.29. The Labute approximate surface area is 209 Å². The monoisotopic (exact) mass is 487 g/mol. The fourth-order valence-corrected chi connectivity index (χ4v) is 4.51. The van der Waals surface area contributed by atoms with Crippen LogP contribution in [0, 0.1) is 13.8 Å². The Morgan fingerprint density at radius 1 is 1.17 bits per heavy atom. The summed E-state index contributed by atoms with van der Waals surface area (Å²) in [6, 6.07) is 3.55. The molecular weight excluding hydrogens is 446 g/mol. The number of carbonyl (C=O) groups excluding carboxylic acids is 3. The maximum atomic E-state index is 13.7. The summed E-state index contributed by atoms with van der Waals surface area (Å²) in [6.45, 7) is 12.1. The number of hydrogen-bond acceptors (Lipinski definition) is 5. The van der Waals surface area contributed by atoms with Crippen LogP contribution < -0.4 is 10.6 Å². The number of amides is 3. The van der Waals surface area contributed by atoms with Crippen LogP contribution in [0.1, 0.15) is 75.6 Å². The van der Waals surface area contributed by atoms with Gasteiger partial charge in [-0.25, -0.2) is 4.79 Å². The Balaban J connectivity index is 2.43. The number of benzene rings is 1. The van der Waals surface area contributed by atoms with Crippen LogP contribution in [-0.4, -0.2) is 58.8 Å². The van der Waals surface area contributed by atoms with Crippen molar-refractivity contribution in [3.8, 4) is 0 Å². The molecule has 2 rings (SSSR count). The first-order valence-electron chi connectivity index (χ1n) is 12.4. The van der Waals surface area contributed by atoms with Crippen LogP contribution in [0.2, 0.25) is 0 Å². The van der Waals surface area contributed by atoms with Crippen LogP contribution in [0.3, 0.4) is 0 Å². The molecule has 1 fully saturated rings. The lowest BCUT2D eigenvalue weighted by atomic mass is 9.92. The molecule has 0 spiro atoms. The Hall–Kier alpha value is -2.87. The van der Waals surface area contributed by atoms with E-state index >= 15 is 0 Å². The normalized spacial score (nSPS) is 16.1. The number of nitrogens with one attached hydrogen (secondary N) is 2. The fourth-order valence-electron chi connectivity index (χ4n) is 4.51. The molecule has 3 N–H and O–H groups in total. The van der Waals surface area contributed by atoms with Crippen molar-refractivity contribution in [1.82, 2.24) is 15.5 Å². The van der Waals surface area contributed by atoms with Crippen LogP contribution in [0.4, 0.5) is 4.79 Å². The Bertz CT molecular complexity index is 882. The van der Waals surface area contributed by atoms with Gasteiger partial charge in [-0.2, -0.15) is 0 Å². The summed E-state index contributed by atoms with van der Waals surface area (Å²) in [5.74, 6) is -0.872. The number of aliphatic hydroxyl groups excluding tert-OH is 1. The van der Waals surface area contributed by atoms with Crippen molar-refractivity contribution >= 4 is 17.9 Å². The summed E-state index contributed by atoms with van der Waals surface area (Å²) in [5, 5.41) is 15.6. The van der Waals surface area contributed by atoms with Crippen molar-refractivity contribution in [2.24, 2.45) is 0 Å². The molecule has 1 aromatic rings. The second-order valence-corrected chi connectivity index (χ2v) is 10.2. The van der Waals surface area contributed by atoms with Gasteiger partial charge in [-0.05, 0) is 64.2 Å². The summed E-state index contributed by atoms with van der Waals surface area (Å²) < 4.78 is 5.26. The highest BCUT2D eigenvalue weighted by molar-refractivity contribution is 5.92. The molecule has 0 radical (unpaired) electrons. The Morgan fingerprint density at radius 3 is 2.29 bits per heavy atom. The van der Waals surface area contributed by atoms with Gasteiger partial charge >= 0.3 is 6.09 Å². The van der Waals surface area contributed by atoms with Gasteiger partial charge in [0.2, 0.25) is 11.8 Å². The average Bonchev–Trinajstić information content (AvgIpc) is 2.78. The zero-order valence-corrected chi connectivity index (χ0v) is 21.7. The van der Waals surface area contributed by atoms with Crippen molar-refractivity contribution < 1.29 is 24.2 Å².